The number of anilines is 1. The first-order chi connectivity index (χ1) is 8.60. The summed E-state index contributed by atoms with van der Waals surface area (Å²) >= 11 is 0. The highest BCUT2D eigenvalue weighted by molar-refractivity contribution is 5.99. The highest BCUT2D eigenvalue weighted by Crippen LogP contribution is 2.25. The standard InChI is InChI=1S/C13H16N2O3/c1-8(16)14-10-5-6-12(18-2)11(7-10)13(17)15-9-3-4-9/h5-7,9H,3-4H2,1-2H3,(H,14,16)(H,15,17). The van der Waals surface area contributed by atoms with E-state index in [1.54, 1.807) is 18.2 Å². The van der Waals surface area contributed by atoms with Crippen molar-refractivity contribution >= 4 is 17.5 Å². The lowest BCUT2D eigenvalue weighted by Crippen LogP contribution is -2.26. The van der Waals surface area contributed by atoms with Crippen molar-refractivity contribution in [3.8, 4) is 5.75 Å². The summed E-state index contributed by atoms with van der Waals surface area (Å²) < 4.78 is 5.15. The van der Waals surface area contributed by atoms with Gasteiger partial charge in [0.1, 0.15) is 5.75 Å². The summed E-state index contributed by atoms with van der Waals surface area (Å²) in [7, 11) is 1.52. The Morgan fingerprint density at radius 2 is 2.06 bits per heavy atom. The number of methoxy groups -OCH3 is 1. The number of hydrogen-bond donors (Lipinski definition) is 2. The lowest BCUT2D eigenvalue weighted by atomic mass is 10.1. The summed E-state index contributed by atoms with van der Waals surface area (Å²) in [6, 6.07) is 5.28. The average molecular weight is 248 g/mol. The van der Waals surface area contributed by atoms with Crippen LogP contribution in [-0.4, -0.2) is 25.0 Å². The van der Waals surface area contributed by atoms with Crippen molar-refractivity contribution < 1.29 is 14.3 Å². The second kappa shape index (κ2) is 5.08. The Balaban J connectivity index is 2.22. The minimum atomic E-state index is -0.172. The fourth-order valence-corrected chi connectivity index (χ4v) is 1.66. The van der Waals surface area contributed by atoms with E-state index in [1.807, 2.05) is 0 Å². The number of hydrogen-bond acceptors (Lipinski definition) is 3. The molecule has 0 radical (unpaired) electrons. The Kier molecular flexibility index (Phi) is 3.50. The van der Waals surface area contributed by atoms with E-state index in [4.69, 9.17) is 4.74 Å². The number of rotatable bonds is 4. The highest BCUT2D eigenvalue weighted by atomic mass is 16.5. The van der Waals surface area contributed by atoms with Crippen LogP contribution in [0.5, 0.6) is 5.75 Å². The number of amides is 2. The molecule has 1 aliphatic rings. The third kappa shape index (κ3) is 3.00. The van der Waals surface area contributed by atoms with Crippen molar-refractivity contribution in [3.63, 3.8) is 0 Å². The Labute approximate surface area is 106 Å². The first-order valence-corrected chi connectivity index (χ1v) is 5.86. The fourth-order valence-electron chi connectivity index (χ4n) is 1.66. The smallest absolute Gasteiger partial charge is 0.255 e. The molecule has 0 atom stereocenters. The molecule has 5 nitrogen and oxygen atoms in total. The Bertz CT molecular complexity index is 481. The largest absolute Gasteiger partial charge is 0.496 e. The van der Waals surface area contributed by atoms with Gasteiger partial charge in [0.2, 0.25) is 5.91 Å². The molecular weight excluding hydrogens is 232 g/mol. The topological polar surface area (TPSA) is 67.4 Å². The lowest BCUT2D eigenvalue weighted by molar-refractivity contribution is -0.114. The summed E-state index contributed by atoms with van der Waals surface area (Å²) in [6.07, 6.45) is 2.05. The quantitative estimate of drug-likeness (QED) is 0.849. The van der Waals surface area contributed by atoms with Crippen LogP contribution in [0.15, 0.2) is 18.2 Å². The summed E-state index contributed by atoms with van der Waals surface area (Å²) in [6.45, 7) is 1.42. The van der Waals surface area contributed by atoms with Crippen LogP contribution in [0.1, 0.15) is 30.1 Å². The van der Waals surface area contributed by atoms with Gasteiger partial charge in [-0.05, 0) is 31.0 Å². The van der Waals surface area contributed by atoms with E-state index in [-0.39, 0.29) is 17.9 Å². The van der Waals surface area contributed by atoms with E-state index in [1.165, 1.54) is 14.0 Å². The van der Waals surface area contributed by atoms with Gasteiger partial charge in [-0.2, -0.15) is 0 Å². The molecule has 0 aromatic heterocycles. The van der Waals surface area contributed by atoms with Gasteiger partial charge in [-0.15, -0.1) is 0 Å². The van der Waals surface area contributed by atoms with E-state index in [0.29, 0.717) is 17.0 Å². The summed E-state index contributed by atoms with van der Waals surface area (Å²) in [5, 5.41) is 5.54. The summed E-state index contributed by atoms with van der Waals surface area (Å²) in [4.78, 5) is 23.0. The normalized spacial score (nSPS) is 13.9. The summed E-state index contributed by atoms with van der Waals surface area (Å²) in [5.41, 5.74) is 1.03. The van der Waals surface area contributed by atoms with Gasteiger partial charge < -0.3 is 15.4 Å². The molecule has 2 amide bonds. The van der Waals surface area contributed by atoms with Crippen molar-refractivity contribution in [1.82, 2.24) is 5.32 Å². The Morgan fingerprint density at radius 3 is 2.61 bits per heavy atom. The van der Waals surface area contributed by atoms with Crippen molar-refractivity contribution in [3.05, 3.63) is 23.8 Å². The van der Waals surface area contributed by atoms with Gasteiger partial charge in [-0.1, -0.05) is 0 Å². The van der Waals surface area contributed by atoms with Gasteiger partial charge in [0.25, 0.3) is 5.91 Å². The third-order valence-corrected chi connectivity index (χ3v) is 2.68. The molecule has 1 fully saturated rings. The fraction of sp³-hybridized carbons (Fsp3) is 0.385. The third-order valence-electron chi connectivity index (χ3n) is 2.68. The van der Waals surface area contributed by atoms with E-state index in [2.05, 4.69) is 10.6 Å². The van der Waals surface area contributed by atoms with Gasteiger partial charge in [-0.3, -0.25) is 9.59 Å². The van der Waals surface area contributed by atoms with Crippen molar-refractivity contribution in [2.75, 3.05) is 12.4 Å². The Hall–Kier alpha value is -2.04. The molecule has 5 heteroatoms. The zero-order valence-corrected chi connectivity index (χ0v) is 10.4. The van der Waals surface area contributed by atoms with E-state index in [0.717, 1.165) is 12.8 Å². The molecule has 0 heterocycles. The number of benzene rings is 1. The molecule has 18 heavy (non-hydrogen) atoms. The molecule has 1 aliphatic carbocycles. The number of nitrogens with one attached hydrogen (secondary N) is 2. The maximum Gasteiger partial charge on any atom is 0.255 e. The zero-order chi connectivity index (χ0) is 13.1. The van der Waals surface area contributed by atoms with Crippen LogP contribution in [0.25, 0.3) is 0 Å². The molecular formula is C13H16N2O3. The van der Waals surface area contributed by atoms with Crippen LogP contribution in [0.3, 0.4) is 0 Å². The number of carbonyl (C=O) groups is 2. The van der Waals surface area contributed by atoms with Crippen molar-refractivity contribution in [1.29, 1.82) is 0 Å². The molecule has 0 unspecified atom stereocenters. The Morgan fingerprint density at radius 1 is 1.33 bits per heavy atom. The van der Waals surface area contributed by atoms with Crippen molar-refractivity contribution in [2.45, 2.75) is 25.8 Å². The van der Waals surface area contributed by atoms with E-state index < -0.39 is 0 Å². The molecule has 0 bridgehead atoms. The van der Waals surface area contributed by atoms with Gasteiger partial charge in [0, 0.05) is 18.7 Å². The van der Waals surface area contributed by atoms with E-state index in [9.17, 15) is 9.59 Å². The van der Waals surface area contributed by atoms with Crippen LogP contribution in [-0.2, 0) is 4.79 Å². The second-order valence-electron chi connectivity index (χ2n) is 4.34. The SMILES string of the molecule is COc1ccc(NC(C)=O)cc1C(=O)NC1CC1. The van der Waals surface area contributed by atoms with Crippen LogP contribution in [0, 0.1) is 0 Å². The van der Waals surface area contributed by atoms with Crippen LogP contribution in [0.2, 0.25) is 0 Å². The van der Waals surface area contributed by atoms with Gasteiger partial charge in [0.05, 0.1) is 12.7 Å². The minimum absolute atomic E-state index is 0.165. The van der Waals surface area contributed by atoms with Crippen LogP contribution < -0.4 is 15.4 Å². The minimum Gasteiger partial charge on any atom is -0.496 e. The zero-order valence-electron chi connectivity index (χ0n) is 10.4. The van der Waals surface area contributed by atoms with Crippen LogP contribution >= 0.6 is 0 Å². The molecule has 0 spiro atoms. The predicted molar refractivity (Wildman–Crippen MR) is 67.8 cm³/mol. The molecule has 0 saturated heterocycles. The molecule has 1 aromatic rings. The maximum absolute atomic E-state index is 12.0. The molecule has 1 aromatic carbocycles. The highest BCUT2D eigenvalue weighted by Gasteiger charge is 2.25. The van der Waals surface area contributed by atoms with E-state index >= 15 is 0 Å². The second-order valence-corrected chi connectivity index (χ2v) is 4.34. The molecule has 1 saturated carbocycles. The first kappa shape index (κ1) is 12.4. The number of ether oxygens (including phenoxy) is 1. The predicted octanol–water partition coefficient (Wildman–Crippen LogP) is 1.55. The van der Waals surface area contributed by atoms with Crippen LogP contribution in [0.4, 0.5) is 5.69 Å². The maximum atomic E-state index is 12.0. The van der Waals surface area contributed by atoms with Crippen molar-refractivity contribution in [2.24, 2.45) is 0 Å². The van der Waals surface area contributed by atoms with Gasteiger partial charge in [0.15, 0.2) is 0 Å². The average Bonchev–Trinajstić information content (AvgIpc) is 3.12. The number of carbonyl (C=O) groups excluding carboxylic acids is 2. The molecule has 2 rings (SSSR count). The lowest BCUT2D eigenvalue weighted by Gasteiger charge is -2.11. The molecule has 2 N–H and O–H groups in total. The molecule has 96 valence electrons. The summed E-state index contributed by atoms with van der Waals surface area (Å²) in [5.74, 6) is 0.164. The van der Waals surface area contributed by atoms with Gasteiger partial charge >= 0.3 is 0 Å². The monoisotopic (exact) mass is 248 g/mol. The van der Waals surface area contributed by atoms with Gasteiger partial charge in [-0.25, -0.2) is 0 Å². The first-order valence-electron chi connectivity index (χ1n) is 5.86. The molecule has 0 aliphatic heterocycles.